The van der Waals surface area contributed by atoms with Crippen LogP contribution in [0.1, 0.15) is 25.3 Å². The summed E-state index contributed by atoms with van der Waals surface area (Å²) in [5.41, 5.74) is 0.812. The van der Waals surface area contributed by atoms with E-state index in [1.807, 2.05) is 13.2 Å². The van der Waals surface area contributed by atoms with E-state index in [0.29, 0.717) is 6.42 Å². The molecule has 0 saturated carbocycles. The summed E-state index contributed by atoms with van der Waals surface area (Å²) in [6, 6.07) is 6.23. The van der Waals surface area contributed by atoms with Gasteiger partial charge in [-0.25, -0.2) is 13.1 Å². The van der Waals surface area contributed by atoms with Gasteiger partial charge in [-0.1, -0.05) is 12.1 Å². The van der Waals surface area contributed by atoms with Crippen LogP contribution in [0.25, 0.3) is 0 Å². The van der Waals surface area contributed by atoms with Gasteiger partial charge in [0.1, 0.15) is 0 Å². The van der Waals surface area contributed by atoms with Crippen molar-refractivity contribution in [3.63, 3.8) is 0 Å². The molecule has 0 aromatic heterocycles. The number of thioether (sulfide) groups is 1. The highest BCUT2D eigenvalue weighted by Gasteiger charge is 2.16. The second-order valence-electron chi connectivity index (χ2n) is 4.84. The maximum Gasteiger partial charge on any atom is 0.303 e. The van der Waals surface area contributed by atoms with Gasteiger partial charge in [-0.3, -0.25) is 4.79 Å². The lowest BCUT2D eigenvalue weighted by molar-refractivity contribution is -0.136. The molecule has 5 nitrogen and oxygen atoms in total. The molecule has 0 amide bonds. The van der Waals surface area contributed by atoms with Crippen LogP contribution in [0.2, 0.25) is 0 Å². The van der Waals surface area contributed by atoms with Gasteiger partial charge in [0.15, 0.2) is 0 Å². The van der Waals surface area contributed by atoms with Crippen molar-refractivity contribution in [3.05, 3.63) is 29.8 Å². The summed E-state index contributed by atoms with van der Waals surface area (Å²) < 4.78 is 27.0. The minimum Gasteiger partial charge on any atom is -0.481 e. The van der Waals surface area contributed by atoms with Crippen LogP contribution in [0.4, 0.5) is 0 Å². The molecule has 0 aliphatic carbocycles. The Kier molecular flexibility index (Phi) is 7.21. The third kappa shape index (κ3) is 6.50. The number of aryl methyl sites for hydroxylation is 1. The minimum absolute atomic E-state index is 0.0378. The third-order valence-electron chi connectivity index (χ3n) is 2.97. The molecule has 0 aliphatic rings. The zero-order valence-corrected chi connectivity index (χ0v) is 13.8. The number of carboxylic acids is 1. The lowest BCUT2D eigenvalue weighted by Gasteiger charge is -2.13. The molecular formula is C14H21NO4S2. The molecule has 1 atom stereocenters. The Morgan fingerprint density at radius 1 is 1.33 bits per heavy atom. The van der Waals surface area contributed by atoms with Crippen LogP contribution >= 0.6 is 11.8 Å². The van der Waals surface area contributed by atoms with E-state index < -0.39 is 16.0 Å². The number of nitrogens with one attached hydrogen (secondary N) is 1. The van der Waals surface area contributed by atoms with E-state index >= 15 is 0 Å². The molecule has 118 valence electrons. The molecule has 21 heavy (non-hydrogen) atoms. The largest absolute Gasteiger partial charge is 0.481 e. The summed E-state index contributed by atoms with van der Waals surface area (Å²) in [5.74, 6) is 0.0358. The van der Waals surface area contributed by atoms with Crippen LogP contribution in [0.5, 0.6) is 0 Å². The summed E-state index contributed by atoms with van der Waals surface area (Å²) >= 11 is 1.68. The van der Waals surface area contributed by atoms with Gasteiger partial charge >= 0.3 is 5.97 Å². The topological polar surface area (TPSA) is 83.5 Å². The van der Waals surface area contributed by atoms with Gasteiger partial charge in [0.2, 0.25) is 10.0 Å². The first-order valence-corrected chi connectivity index (χ1v) is 9.55. The quantitative estimate of drug-likeness (QED) is 0.724. The monoisotopic (exact) mass is 331 g/mol. The first-order chi connectivity index (χ1) is 9.85. The molecule has 1 aromatic rings. The smallest absolute Gasteiger partial charge is 0.303 e. The van der Waals surface area contributed by atoms with Crippen molar-refractivity contribution in [2.24, 2.45) is 0 Å². The Balaban J connectivity index is 2.68. The molecule has 0 radical (unpaired) electrons. The normalized spacial score (nSPS) is 13.0. The lowest BCUT2D eigenvalue weighted by Crippen LogP contribution is -2.33. The average molecular weight is 331 g/mol. The Labute approximate surface area is 130 Å². The first-order valence-electron chi connectivity index (χ1n) is 6.67. The van der Waals surface area contributed by atoms with Crippen LogP contribution in [-0.2, 0) is 21.2 Å². The van der Waals surface area contributed by atoms with E-state index in [9.17, 15) is 13.2 Å². The third-order valence-corrected chi connectivity index (χ3v) is 5.22. The Morgan fingerprint density at radius 2 is 1.95 bits per heavy atom. The zero-order valence-electron chi connectivity index (χ0n) is 12.2. The molecule has 7 heteroatoms. The summed E-state index contributed by atoms with van der Waals surface area (Å²) in [6.45, 7) is 1.84. The van der Waals surface area contributed by atoms with E-state index in [1.165, 1.54) is 12.1 Å². The van der Waals surface area contributed by atoms with Crippen LogP contribution in [0.15, 0.2) is 29.2 Å². The highest BCUT2D eigenvalue weighted by Crippen LogP contribution is 2.13. The number of rotatable bonds is 9. The number of aliphatic carboxylic acids is 1. The highest BCUT2D eigenvalue weighted by molar-refractivity contribution is 7.98. The Hall–Kier alpha value is -1.05. The van der Waals surface area contributed by atoms with Gasteiger partial charge < -0.3 is 5.11 Å². The molecule has 0 bridgehead atoms. The zero-order chi connectivity index (χ0) is 15.9. The van der Waals surface area contributed by atoms with Gasteiger partial charge in [0, 0.05) is 12.5 Å². The molecule has 1 rings (SSSR count). The van der Waals surface area contributed by atoms with Crippen molar-refractivity contribution in [2.45, 2.75) is 37.1 Å². The fraction of sp³-hybridized carbons (Fsp3) is 0.500. The second-order valence-corrected chi connectivity index (χ2v) is 7.54. The van der Waals surface area contributed by atoms with E-state index in [2.05, 4.69) is 4.72 Å². The van der Waals surface area contributed by atoms with Crippen molar-refractivity contribution >= 4 is 27.8 Å². The SMILES string of the molecule is CSCCC(C)NS(=O)(=O)c1ccc(CCC(=O)O)cc1. The van der Waals surface area contributed by atoms with E-state index in [1.54, 1.807) is 23.9 Å². The standard InChI is InChI=1S/C14H21NO4S2/c1-11(9-10-20-2)15-21(18,19)13-6-3-12(4-7-13)5-8-14(16)17/h3-4,6-7,11,15H,5,8-10H2,1-2H3,(H,16,17). The van der Waals surface area contributed by atoms with Crippen molar-refractivity contribution < 1.29 is 18.3 Å². The first kappa shape index (κ1) is 18.0. The minimum atomic E-state index is -3.51. The summed E-state index contributed by atoms with van der Waals surface area (Å²) in [5, 5.41) is 8.62. The maximum atomic E-state index is 12.2. The molecule has 0 heterocycles. The van der Waals surface area contributed by atoms with E-state index in [4.69, 9.17) is 5.11 Å². The van der Waals surface area contributed by atoms with Crippen LogP contribution in [0.3, 0.4) is 0 Å². The Morgan fingerprint density at radius 3 is 2.48 bits per heavy atom. The maximum absolute atomic E-state index is 12.2. The fourth-order valence-corrected chi connectivity index (χ4v) is 3.64. The summed E-state index contributed by atoms with van der Waals surface area (Å²) in [7, 11) is -3.51. The highest BCUT2D eigenvalue weighted by atomic mass is 32.2. The molecule has 0 aliphatic heterocycles. The van der Waals surface area contributed by atoms with Crippen molar-refractivity contribution in [2.75, 3.05) is 12.0 Å². The molecular weight excluding hydrogens is 310 g/mol. The fourth-order valence-electron chi connectivity index (χ4n) is 1.77. The molecule has 0 fully saturated rings. The van der Waals surface area contributed by atoms with Gasteiger partial charge in [0.25, 0.3) is 0 Å². The number of hydrogen-bond acceptors (Lipinski definition) is 4. The average Bonchev–Trinajstić information content (AvgIpc) is 2.43. The lowest BCUT2D eigenvalue weighted by atomic mass is 10.1. The number of carbonyl (C=O) groups is 1. The Bertz CT molecular complexity index is 555. The van der Waals surface area contributed by atoms with Crippen LogP contribution in [0, 0.1) is 0 Å². The van der Waals surface area contributed by atoms with Crippen molar-refractivity contribution in [1.82, 2.24) is 4.72 Å². The van der Waals surface area contributed by atoms with Crippen LogP contribution < -0.4 is 4.72 Å². The second kappa shape index (κ2) is 8.41. The predicted octanol–water partition coefficient (Wildman–Crippen LogP) is 2.12. The summed E-state index contributed by atoms with van der Waals surface area (Å²) in [6.07, 6.45) is 3.19. The van der Waals surface area contributed by atoms with E-state index in [0.717, 1.165) is 17.7 Å². The van der Waals surface area contributed by atoms with Crippen LogP contribution in [-0.4, -0.2) is 37.5 Å². The van der Waals surface area contributed by atoms with Gasteiger partial charge in [-0.15, -0.1) is 0 Å². The number of benzene rings is 1. The van der Waals surface area contributed by atoms with Crippen molar-refractivity contribution in [3.8, 4) is 0 Å². The molecule has 1 unspecified atom stereocenters. The van der Waals surface area contributed by atoms with E-state index in [-0.39, 0.29) is 17.4 Å². The van der Waals surface area contributed by atoms with Crippen molar-refractivity contribution in [1.29, 1.82) is 0 Å². The number of sulfonamides is 1. The summed E-state index contributed by atoms with van der Waals surface area (Å²) in [4.78, 5) is 10.7. The van der Waals surface area contributed by atoms with Gasteiger partial charge in [-0.05, 0) is 49.5 Å². The molecule has 2 N–H and O–H groups in total. The number of carboxylic acid groups (broad SMARTS) is 1. The predicted molar refractivity (Wildman–Crippen MR) is 85.2 cm³/mol. The molecule has 1 aromatic carbocycles. The van der Waals surface area contributed by atoms with Gasteiger partial charge in [-0.2, -0.15) is 11.8 Å². The molecule has 0 saturated heterocycles. The molecule has 0 spiro atoms. The van der Waals surface area contributed by atoms with Gasteiger partial charge in [0.05, 0.1) is 4.90 Å². The number of hydrogen-bond donors (Lipinski definition) is 2.